The zero-order valence-corrected chi connectivity index (χ0v) is 18.7. The van der Waals surface area contributed by atoms with Crippen molar-refractivity contribution in [3.8, 4) is 17.1 Å². The molecular formula is C23H20FN7O2S. The molecule has 172 valence electrons. The second kappa shape index (κ2) is 9.57. The molecule has 1 aromatic carbocycles. The molecule has 1 saturated heterocycles. The number of amides is 1. The van der Waals surface area contributed by atoms with Crippen LogP contribution in [0, 0.1) is 0 Å². The van der Waals surface area contributed by atoms with Crippen LogP contribution in [0.5, 0.6) is 5.88 Å². The van der Waals surface area contributed by atoms with Crippen LogP contribution in [0.15, 0.2) is 71.4 Å². The minimum Gasteiger partial charge on any atom is -0.472 e. The van der Waals surface area contributed by atoms with Crippen molar-refractivity contribution in [2.24, 2.45) is 0 Å². The zero-order valence-electron chi connectivity index (χ0n) is 17.9. The number of rotatable bonds is 7. The molecule has 1 amide bonds. The highest BCUT2D eigenvalue weighted by atomic mass is 32.2. The predicted octanol–water partition coefficient (Wildman–Crippen LogP) is 3.73. The summed E-state index contributed by atoms with van der Waals surface area (Å²) in [5.41, 5.74) is 3.11. The highest BCUT2D eigenvalue weighted by molar-refractivity contribution is 7.99. The molecule has 9 nitrogen and oxygen atoms in total. The fourth-order valence-corrected chi connectivity index (χ4v) is 4.33. The molecule has 4 aromatic rings. The van der Waals surface area contributed by atoms with E-state index in [0.717, 1.165) is 30.0 Å². The van der Waals surface area contributed by atoms with E-state index in [0.29, 0.717) is 33.5 Å². The molecule has 0 saturated carbocycles. The van der Waals surface area contributed by atoms with Crippen LogP contribution in [0.3, 0.4) is 0 Å². The Balaban J connectivity index is 1.39. The molecule has 1 aliphatic rings. The fraction of sp³-hybridized carbons (Fsp3) is 0.174. The maximum Gasteiger partial charge on any atom is 0.283 e. The summed E-state index contributed by atoms with van der Waals surface area (Å²) in [5, 5.41) is 6.36. The van der Waals surface area contributed by atoms with E-state index in [1.807, 2.05) is 6.07 Å². The number of H-pyrrole nitrogens is 1. The molecule has 0 spiro atoms. The molecule has 1 fully saturated rings. The average molecular weight is 478 g/mol. The smallest absolute Gasteiger partial charge is 0.283 e. The van der Waals surface area contributed by atoms with E-state index < -0.39 is 11.7 Å². The SMILES string of the molecule is C=C(F)C(=O)Nc1cccc(Sc2cnc3[nH]cc(-c4cncc(OC5CCNC5)n4)c3n2)c1. The zero-order chi connectivity index (χ0) is 23.5. The molecule has 3 N–H and O–H groups in total. The number of nitrogens with zero attached hydrogens (tertiary/aromatic N) is 4. The van der Waals surface area contributed by atoms with Gasteiger partial charge in [-0.3, -0.25) is 9.78 Å². The van der Waals surface area contributed by atoms with Gasteiger partial charge in [0.05, 0.1) is 24.3 Å². The van der Waals surface area contributed by atoms with Gasteiger partial charge in [0.2, 0.25) is 5.88 Å². The quantitative estimate of drug-likeness (QED) is 0.345. The largest absolute Gasteiger partial charge is 0.472 e. The lowest BCUT2D eigenvalue weighted by atomic mass is 10.2. The van der Waals surface area contributed by atoms with E-state index in [-0.39, 0.29) is 6.10 Å². The van der Waals surface area contributed by atoms with Crippen molar-refractivity contribution in [2.75, 3.05) is 18.4 Å². The minimum absolute atomic E-state index is 0.0823. The number of fused-ring (bicyclic) bond motifs is 1. The van der Waals surface area contributed by atoms with Gasteiger partial charge < -0.3 is 20.4 Å². The van der Waals surface area contributed by atoms with Crippen molar-refractivity contribution >= 4 is 34.5 Å². The highest BCUT2D eigenvalue weighted by Crippen LogP contribution is 2.31. The van der Waals surface area contributed by atoms with Crippen LogP contribution in [-0.2, 0) is 4.79 Å². The summed E-state index contributed by atoms with van der Waals surface area (Å²) in [6.45, 7) is 4.72. The number of carbonyl (C=O) groups excluding carboxylic acids is 1. The first-order valence-corrected chi connectivity index (χ1v) is 11.3. The van der Waals surface area contributed by atoms with Gasteiger partial charge in [0, 0.05) is 28.9 Å². The molecule has 0 aliphatic carbocycles. The molecule has 1 aliphatic heterocycles. The number of benzene rings is 1. The molecule has 0 radical (unpaired) electrons. The third-order valence-corrected chi connectivity index (χ3v) is 6.01. The predicted molar refractivity (Wildman–Crippen MR) is 126 cm³/mol. The first kappa shape index (κ1) is 22.0. The van der Waals surface area contributed by atoms with E-state index in [2.05, 4.69) is 37.1 Å². The molecule has 1 atom stereocenters. The van der Waals surface area contributed by atoms with Crippen molar-refractivity contribution in [1.82, 2.24) is 30.2 Å². The van der Waals surface area contributed by atoms with E-state index >= 15 is 0 Å². The summed E-state index contributed by atoms with van der Waals surface area (Å²) in [4.78, 5) is 33.6. The monoisotopic (exact) mass is 477 g/mol. The van der Waals surface area contributed by atoms with Gasteiger partial charge in [-0.2, -0.15) is 0 Å². The summed E-state index contributed by atoms with van der Waals surface area (Å²) >= 11 is 1.36. The third-order valence-electron chi connectivity index (χ3n) is 5.11. The number of anilines is 1. The van der Waals surface area contributed by atoms with Crippen LogP contribution in [0.1, 0.15) is 6.42 Å². The number of ether oxygens (including phenoxy) is 1. The summed E-state index contributed by atoms with van der Waals surface area (Å²) < 4.78 is 18.9. The van der Waals surface area contributed by atoms with E-state index in [9.17, 15) is 9.18 Å². The van der Waals surface area contributed by atoms with Crippen molar-refractivity contribution < 1.29 is 13.9 Å². The number of aromatic amines is 1. The molecule has 1 unspecified atom stereocenters. The van der Waals surface area contributed by atoms with Crippen molar-refractivity contribution in [1.29, 1.82) is 0 Å². The Morgan fingerprint density at radius 1 is 1.26 bits per heavy atom. The third kappa shape index (κ3) is 4.90. The van der Waals surface area contributed by atoms with E-state index in [4.69, 9.17) is 9.72 Å². The van der Waals surface area contributed by atoms with Crippen molar-refractivity contribution in [3.63, 3.8) is 0 Å². The molecule has 11 heteroatoms. The van der Waals surface area contributed by atoms with Crippen LogP contribution in [0.25, 0.3) is 22.4 Å². The van der Waals surface area contributed by atoms with Crippen molar-refractivity contribution in [3.05, 3.63) is 61.5 Å². The van der Waals surface area contributed by atoms with Crippen LogP contribution >= 0.6 is 11.8 Å². The Bertz CT molecular complexity index is 1370. The van der Waals surface area contributed by atoms with Gasteiger partial charge in [0.15, 0.2) is 11.5 Å². The van der Waals surface area contributed by atoms with Gasteiger partial charge in [0.25, 0.3) is 5.91 Å². The second-order valence-electron chi connectivity index (χ2n) is 7.57. The summed E-state index contributed by atoms with van der Waals surface area (Å²) in [6, 6.07) is 7.01. The van der Waals surface area contributed by atoms with Gasteiger partial charge >= 0.3 is 0 Å². The summed E-state index contributed by atoms with van der Waals surface area (Å²) in [6.07, 6.45) is 7.73. The van der Waals surface area contributed by atoms with Gasteiger partial charge in [-0.05, 0) is 31.2 Å². The Labute approximate surface area is 198 Å². The molecule has 34 heavy (non-hydrogen) atoms. The van der Waals surface area contributed by atoms with Crippen LogP contribution in [0.4, 0.5) is 10.1 Å². The van der Waals surface area contributed by atoms with Gasteiger partial charge in [-0.1, -0.05) is 24.4 Å². The lowest BCUT2D eigenvalue weighted by Gasteiger charge is -2.11. The number of hydrogen-bond acceptors (Lipinski definition) is 8. The lowest BCUT2D eigenvalue weighted by Crippen LogP contribution is -2.20. The minimum atomic E-state index is -1.05. The summed E-state index contributed by atoms with van der Waals surface area (Å²) in [7, 11) is 0. The fourth-order valence-electron chi connectivity index (χ4n) is 3.51. The first-order valence-electron chi connectivity index (χ1n) is 10.5. The van der Waals surface area contributed by atoms with Gasteiger partial charge in [0.1, 0.15) is 16.6 Å². The van der Waals surface area contributed by atoms with Crippen LogP contribution < -0.4 is 15.4 Å². The number of halogens is 1. The molecule has 3 aromatic heterocycles. The Morgan fingerprint density at radius 3 is 3.00 bits per heavy atom. The normalized spacial score (nSPS) is 15.4. The average Bonchev–Trinajstić information content (AvgIpc) is 3.49. The standard InChI is InChI=1S/C23H20FN7O2S/c1-13(24)23(32)29-14-3-2-4-16(7-14)34-20-12-28-22-21(31-20)17(9-27-22)18-10-26-11-19(30-18)33-15-5-6-25-8-15/h2-4,7,9-12,15,25H,1,5-6,8H2,(H,27,28)(H,29,32). The van der Waals surface area contributed by atoms with Crippen LogP contribution in [-0.4, -0.2) is 50.0 Å². The summed E-state index contributed by atoms with van der Waals surface area (Å²) in [5.74, 6) is -1.46. The maximum atomic E-state index is 13.0. The van der Waals surface area contributed by atoms with Gasteiger partial charge in [-0.15, -0.1) is 0 Å². The first-order chi connectivity index (χ1) is 16.5. The number of hydrogen-bond donors (Lipinski definition) is 3. The number of carbonyl (C=O) groups is 1. The van der Waals surface area contributed by atoms with E-state index in [1.54, 1.807) is 43.0 Å². The Hall–Kier alpha value is -3.83. The van der Waals surface area contributed by atoms with Gasteiger partial charge in [-0.25, -0.2) is 19.3 Å². The number of nitrogens with one attached hydrogen (secondary N) is 3. The number of aromatic nitrogens is 5. The molecule has 4 heterocycles. The van der Waals surface area contributed by atoms with Crippen molar-refractivity contribution in [2.45, 2.75) is 22.4 Å². The molecular weight excluding hydrogens is 457 g/mol. The second-order valence-corrected chi connectivity index (χ2v) is 8.67. The maximum absolute atomic E-state index is 13.0. The Morgan fingerprint density at radius 2 is 2.18 bits per heavy atom. The van der Waals surface area contributed by atoms with E-state index in [1.165, 1.54) is 11.8 Å². The highest BCUT2D eigenvalue weighted by Gasteiger charge is 2.18. The molecule has 0 bridgehead atoms. The Kier molecular flexibility index (Phi) is 6.19. The lowest BCUT2D eigenvalue weighted by molar-refractivity contribution is -0.114. The molecule has 5 rings (SSSR count). The van der Waals surface area contributed by atoms with Crippen LogP contribution in [0.2, 0.25) is 0 Å². The topological polar surface area (TPSA) is 118 Å².